The summed E-state index contributed by atoms with van der Waals surface area (Å²) in [6.07, 6.45) is 48.9. The zero-order chi connectivity index (χ0) is 41.4. The van der Waals surface area contributed by atoms with Crippen LogP contribution in [0.3, 0.4) is 0 Å². The summed E-state index contributed by atoms with van der Waals surface area (Å²) in [4.78, 5) is 13.1. The van der Waals surface area contributed by atoms with Gasteiger partial charge in [-0.3, -0.25) is 9.69 Å². The van der Waals surface area contributed by atoms with Crippen molar-refractivity contribution in [3.8, 4) is 0 Å². The third-order valence-corrected chi connectivity index (χ3v) is 12.7. The second kappa shape index (κ2) is 41.2. The van der Waals surface area contributed by atoms with Crippen LogP contribution in [0.5, 0.6) is 0 Å². The van der Waals surface area contributed by atoms with Crippen LogP contribution in [0, 0.1) is 5.92 Å². The van der Waals surface area contributed by atoms with Gasteiger partial charge in [-0.2, -0.15) is 0 Å². The Balaban J connectivity index is 5.27. The summed E-state index contributed by atoms with van der Waals surface area (Å²) in [5.74, 6) is -0.612. The summed E-state index contributed by atoms with van der Waals surface area (Å²) in [7, 11) is 0. The molecule has 0 radical (unpaired) electrons. The van der Waals surface area contributed by atoms with Crippen molar-refractivity contribution in [3.05, 3.63) is 11.6 Å². The first-order valence-electron chi connectivity index (χ1n) is 25.2. The molecule has 0 aliphatic heterocycles. The van der Waals surface area contributed by atoms with Gasteiger partial charge in [0.25, 0.3) is 0 Å². The number of rotatable bonds is 45. The molecule has 0 aromatic carbocycles. The molecular weight excluding hydrogens is 710 g/mol. The molecule has 0 fully saturated rings. The van der Waals surface area contributed by atoms with Gasteiger partial charge in [0.05, 0.1) is 4.87 Å². The topological polar surface area (TPSA) is 60.8 Å². The van der Waals surface area contributed by atoms with Gasteiger partial charge in [0.1, 0.15) is 6.23 Å². The van der Waals surface area contributed by atoms with E-state index in [0.717, 1.165) is 70.9 Å². The maximum atomic E-state index is 12.3. The van der Waals surface area contributed by atoms with Gasteiger partial charge in [0.15, 0.2) is 0 Å². The summed E-state index contributed by atoms with van der Waals surface area (Å²) in [5.41, 5.74) is 1.33. The van der Waals surface area contributed by atoms with E-state index in [0.29, 0.717) is 0 Å². The van der Waals surface area contributed by atoms with Crippen LogP contribution in [0.2, 0.25) is 0 Å². The molecule has 0 saturated carbocycles. The number of carbonyl (C=O) groups is 1. The van der Waals surface area contributed by atoms with Gasteiger partial charge in [-0.05, 0) is 52.4 Å². The Morgan fingerprint density at radius 3 is 1.39 bits per heavy atom. The first-order valence-corrected chi connectivity index (χ1v) is 25.6. The lowest BCUT2D eigenvalue weighted by atomic mass is 9.89. The highest BCUT2D eigenvalue weighted by molar-refractivity contribution is 6.23. The SMILES string of the molecule is CCCCCCC/C=C(\C)C(CCCCCCC(=O)O)C(O)N(CCCCCCCCCCCCCCCC)CC(C)(Cl)CCCCCCCCCCCCC. The number of unbranched alkanes of at least 4 members (excludes halogenated alkanes) is 31. The Morgan fingerprint density at radius 2 is 0.946 bits per heavy atom. The van der Waals surface area contributed by atoms with Crippen LogP contribution in [0.1, 0.15) is 279 Å². The van der Waals surface area contributed by atoms with Crippen molar-refractivity contribution in [2.45, 2.75) is 290 Å². The average molecular weight is 811 g/mol. The highest BCUT2D eigenvalue weighted by Gasteiger charge is 2.32. The minimum absolute atomic E-state index is 0.0891. The van der Waals surface area contributed by atoms with Crippen LogP contribution < -0.4 is 0 Å². The molecule has 3 unspecified atom stereocenters. The van der Waals surface area contributed by atoms with Crippen LogP contribution in [0.4, 0.5) is 0 Å². The standard InChI is InChI=1S/C51H100ClNO3/c1-6-9-12-15-18-20-22-23-24-26-28-30-35-40-45-53(46-51(5,52)44-39-34-29-27-25-21-19-16-13-10-7-2)50(56)48(42-37-32-33-38-43-49(54)55)47(4)41-36-31-17-14-11-8-3/h41,48,50,56H,6-40,42-46H2,1-5H3,(H,54,55)/b47-41+. The lowest BCUT2D eigenvalue weighted by molar-refractivity contribution is -0.137. The van der Waals surface area contributed by atoms with E-state index in [1.54, 1.807) is 0 Å². The Morgan fingerprint density at radius 1 is 0.571 bits per heavy atom. The molecule has 0 heterocycles. The van der Waals surface area contributed by atoms with Crippen molar-refractivity contribution < 1.29 is 15.0 Å². The first-order chi connectivity index (χ1) is 27.2. The lowest BCUT2D eigenvalue weighted by Gasteiger charge is -2.38. The summed E-state index contributed by atoms with van der Waals surface area (Å²) >= 11 is 7.36. The minimum atomic E-state index is -0.701. The quantitative estimate of drug-likeness (QED) is 0.0278. The van der Waals surface area contributed by atoms with E-state index in [-0.39, 0.29) is 17.2 Å². The molecule has 0 bridgehead atoms. The van der Waals surface area contributed by atoms with Gasteiger partial charge >= 0.3 is 5.97 Å². The second-order valence-corrected chi connectivity index (χ2v) is 19.2. The Bertz CT molecular complexity index is 860. The third-order valence-electron chi connectivity index (χ3n) is 12.4. The van der Waals surface area contributed by atoms with Crippen LogP contribution in [0.15, 0.2) is 11.6 Å². The van der Waals surface area contributed by atoms with Crippen molar-refractivity contribution >= 4 is 17.6 Å². The van der Waals surface area contributed by atoms with E-state index in [1.165, 1.54) is 185 Å². The highest BCUT2D eigenvalue weighted by atomic mass is 35.5. The number of halogens is 1. The molecule has 334 valence electrons. The molecule has 0 aromatic heterocycles. The van der Waals surface area contributed by atoms with E-state index >= 15 is 0 Å². The molecule has 56 heavy (non-hydrogen) atoms. The van der Waals surface area contributed by atoms with Gasteiger partial charge in [-0.25, -0.2) is 0 Å². The van der Waals surface area contributed by atoms with Crippen LogP contribution in [-0.4, -0.2) is 45.3 Å². The normalized spacial score (nSPS) is 14.4. The average Bonchev–Trinajstić information content (AvgIpc) is 3.17. The molecule has 0 aliphatic carbocycles. The van der Waals surface area contributed by atoms with E-state index in [1.807, 2.05) is 0 Å². The maximum Gasteiger partial charge on any atom is 0.303 e. The van der Waals surface area contributed by atoms with Gasteiger partial charge in [0, 0.05) is 25.4 Å². The number of aliphatic hydroxyl groups is 1. The number of aliphatic carboxylic acids is 1. The zero-order valence-electron chi connectivity index (χ0n) is 38.6. The predicted octanol–water partition coefficient (Wildman–Crippen LogP) is 17.1. The summed E-state index contributed by atoms with van der Waals surface area (Å²) in [6, 6.07) is 0. The summed E-state index contributed by atoms with van der Waals surface area (Å²) < 4.78 is 0. The monoisotopic (exact) mass is 810 g/mol. The molecule has 5 heteroatoms. The summed E-state index contributed by atoms with van der Waals surface area (Å²) in [6.45, 7) is 12.9. The number of hydrogen-bond donors (Lipinski definition) is 2. The number of nitrogens with zero attached hydrogens (tertiary/aromatic N) is 1. The molecule has 0 amide bonds. The molecular formula is C51H100ClNO3. The van der Waals surface area contributed by atoms with Crippen molar-refractivity contribution in [1.29, 1.82) is 0 Å². The lowest BCUT2D eigenvalue weighted by Crippen LogP contribution is -2.47. The minimum Gasteiger partial charge on any atom is -0.481 e. The number of carboxylic acid groups (broad SMARTS) is 1. The van der Waals surface area contributed by atoms with Gasteiger partial charge in [-0.15, -0.1) is 11.6 Å². The molecule has 4 nitrogen and oxygen atoms in total. The van der Waals surface area contributed by atoms with Gasteiger partial charge in [0.2, 0.25) is 0 Å². The third kappa shape index (κ3) is 36.5. The molecule has 0 aliphatic rings. The smallest absolute Gasteiger partial charge is 0.303 e. The molecule has 2 N–H and O–H groups in total. The Hall–Kier alpha value is -0.580. The number of carboxylic acids is 1. The predicted molar refractivity (Wildman–Crippen MR) is 249 cm³/mol. The van der Waals surface area contributed by atoms with Gasteiger partial charge in [-0.1, -0.05) is 231 Å². The van der Waals surface area contributed by atoms with E-state index in [4.69, 9.17) is 16.7 Å². The first kappa shape index (κ1) is 55.4. The number of hydrogen-bond acceptors (Lipinski definition) is 3. The van der Waals surface area contributed by atoms with Gasteiger partial charge < -0.3 is 10.2 Å². The van der Waals surface area contributed by atoms with Crippen molar-refractivity contribution in [2.75, 3.05) is 13.1 Å². The number of aliphatic hydroxyl groups excluding tert-OH is 1. The van der Waals surface area contributed by atoms with Crippen LogP contribution >= 0.6 is 11.6 Å². The fourth-order valence-electron chi connectivity index (χ4n) is 8.56. The van der Waals surface area contributed by atoms with Crippen molar-refractivity contribution in [1.82, 2.24) is 4.90 Å². The van der Waals surface area contributed by atoms with E-state index < -0.39 is 12.2 Å². The van der Waals surface area contributed by atoms with Crippen molar-refractivity contribution in [2.24, 2.45) is 5.92 Å². The largest absolute Gasteiger partial charge is 0.481 e. The Kier molecular flexibility index (Phi) is 40.7. The fourth-order valence-corrected chi connectivity index (χ4v) is 8.85. The second-order valence-electron chi connectivity index (χ2n) is 18.3. The molecule has 0 aromatic rings. The summed E-state index contributed by atoms with van der Waals surface area (Å²) in [5, 5.41) is 21.4. The molecule has 0 rings (SSSR count). The van der Waals surface area contributed by atoms with Crippen LogP contribution in [0.25, 0.3) is 0 Å². The number of allylic oxidation sites excluding steroid dienone is 1. The molecule has 3 atom stereocenters. The molecule has 0 saturated heterocycles. The zero-order valence-corrected chi connectivity index (χ0v) is 39.4. The highest BCUT2D eigenvalue weighted by Crippen LogP contribution is 2.31. The van der Waals surface area contributed by atoms with Crippen LogP contribution in [-0.2, 0) is 4.79 Å². The molecule has 0 spiro atoms. The maximum absolute atomic E-state index is 12.3. The number of alkyl halides is 1. The van der Waals surface area contributed by atoms with E-state index in [9.17, 15) is 9.90 Å². The Labute approximate surface area is 356 Å². The van der Waals surface area contributed by atoms with E-state index in [2.05, 4.69) is 45.6 Å². The van der Waals surface area contributed by atoms with Crippen molar-refractivity contribution in [3.63, 3.8) is 0 Å². The fraction of sp³-hybridized carbons (Fsp3) is 0.941.